The van der Waals surface area contributed by atoms with E-state index in [4.69, 9.17) is 6.42 Å². The van der Waals surface area contributed by atoms with E-state index >= 15 is 0 Å². The van der Waals surface area contributed by atoms with Crippen molar-refractivity contribution in [3.8, 4) is 12.3 Å². The van der Waals surface area contributed by atoms with Gasteiger partial charge in [-0.25, -0.2) is 0 Å². The number of terminal acetylenes is 1. The van der Waals surface area contributed by atoms with Crippen LogP contribution in [0.1, 0.15) is 36.3 Å². The molecule has 0 heterocycles. The number of rotatable bonds is 5. The van der Waals surface area contributed by atoms with Gasteiger partial charge in [-0.15, -0.1) is 6.42 Å². The second-order valence-corrected chi connectivity index (χ2v) is 5.25. The van der Waals surface area contributed by atoms with Crippen LogP contribution in [0.3, 0.4) is 0 Å². The van der Waals surface area contributed by atoms with Crippen LogP contribution in [-0.4, -0.2) is 24.9 Å². The Hall–Kier alpha value is -2.28. The van der Waals surface area contributed by atoms with Gasteiger partial charge in [-0.1, -0.05) is 30.2 Å². The molecule has 21 heavy (non-hydrogen) atoms. The molecule has 0 saturated heterocycles. The van der Waals surface area contributed by atoms with Gasteiger partial charge in [0, 0.05) is 6.42 Å². The highest BCUT2D eigenvalue weighted by molar-refractivity contribution is 5.85. The second-order valence-electron chi connectivity index (χ2n) is 5.25. The summed E-state index contributed by atoms with van der Waals surface area (Å²) >= 11 is 0. The van der Waals surface area contributed by atoms with Gasteiger partial charge in [0.2, 0.25) is 11.8 Å². The molecule has 1 aromatic carbocycles. The zero-order chi connectivity index (χ0) is 15.1. The van der Waals surface area contributed by atoms with Gasteiger partial charge in [0.15, 0.2) is 0 Å². The van der Waals surface area contributed by atoms with Crippen molar-refractivity contribution in [1.29, 1.82) is 0 Å². The molecule has 2 rings (SSSR count). The minimum atomic E-state index is -0.259. The van der Waals surface area contributed by atoms with E-state index in [1.54, 1.807) is 0 Å². The van der Waals surface area contributed by atoms with Crippen LogP contribution >= 0.6 is 0 Å². The minimum Gasteiger partial charge on any atom is -0.347 e. The maximum Gasteiger partial charge on any atom is 0.240 e. The van der Waals surface area contributed by atoms with Crippen molar-refractivity contribution in [3.05, 3.63) is 35.4 Å². The maximum atomic E-state index is 12.0. The monoisotopic (exact) mass is 284 g/mol. The number of benzene rings is 1. The summed E-state index contributed by atoms with van der Waals surface area (Å²) in [5.74, 6) is 2.22. The highest BCUT2D eigenvalue weighted by atomic mass is 16.2. The fourth-order valence-electron chi connectivity index (χ4n) is 2.75. The standard InChI is InChI=1S/C17H20N2O2/c1-2-10-18-17(21)12-19-16(20)11-14-8-5-7-13-6-3-4-9-15(13)14/h1,3-4,6,9,14H,5,7-8,10-12H2,(H,18,21)(H,19,20)/t14-/m1/s1. The summed E-state index contributed by atoms with van der Waals surface area (Å²) in [5, 5.41) is 5.17. The van der Waals surface area contributed by atoms with Crippen molar-refractivity contribution < 1.29 is 9.59 Å². The maximum absolute atomic E-state index is 12.0. The number of carbonyl (C=O) groups excluding carboxylic acids is 2. The van der Waals surface area contributed by atoms with Gasteiger partial charge >= 0.3 is 0 Å². The molecule has 0 saturated carbocycles. The molecule has 1 aliphatic carbocycles. The normalized spacial score (nSPS) is 16.4. The van der Waals surface area contributed by atoms with Crippen molar-refractivity contribution in [2.45, 2.75) is 31.6 Å². The van der Waals surface area contributed by atoms with Crippen molar-refractivity contribution in [3.63, 3.8) is 0 Å². The van der Waals surface area contributed by atoms with Gasteiger partial charge in [0.25, 0.3) is 0 Å². The molecule has 110 valence electrons. The van der Waals surface area contributed by atoms with Crippen molar-refractivity contribution in [2.75, 3.05) is 13.1 Å². The lowest BCUT2D eigenvalue weighted by Crippen LogP contribution is -2.37. The Kier molecular flexibility index (Phi) is 5.39. The largest absolute Gasteiger partial charge is 0.347 e. The lowest BCUT2D eigenvalue weighted by molar-refractivity contribution is -0.126. The molecular weight excluding hydrogens is 264 g/mol. The quantitative estimate of drug-likeness (QED) is 0.802. The Labute approximate surface area is 125 Å². The molecule has 2 amide bonds. The molecule has 0 aromatic heterocycles. The SMILES string of the molecule is C#CCNC(=O)CNC(=O)C[C@H]1CCCc2ccccc21. The molecule has 1 aromatic rings. The summed E-state index contributed by atoms with van der Waals surface area (Å²) in [6.45, 7) is 0.166. The Balaban J connectivity index is 1.84. The van der Waals surface area contributed by atoms with Gasteiger partial charge in [-0.05, 0) is 36.3 Å². The smallest absolute Gasteiger partial charge is 0.240 e. The van der Waals surface area contributed by atoms with Crippen molar-refractivity contribution in [2.24, 2.45) is 0 Å². The molecule has 1 atom stereocenters. The van der Waals surface area contributed by atoms with E-state index in [1.807, 2.05) is 12.1 Å². The third-order valence-electron chi connectivity index (χ3n) is 3.76. The highest BCUT2D eigenvalue weighted by Crippen LogP contribution is 2.33. The van der Waals surface area contributed by atoms with Gasteiger partial charge < -0.3 is 10.6 Å². The first kappa shape index (κ1) is 15.1. The molecule has 2 N–H and O–H groups in total. The number of aryl methyl sites for hydroxylation is 1. The van der Waals surface area contributed by atoms with E-state index in [0.29, 0.717) is 6.42 Å². The molecule has 4 nitrogen and oxygen atoms in total. The van der Waals surface area contributed by atoms with E-state index in [2.05, 4.69) is 28.7 Å². The summed E-state index contributed by atoms with van der Waals surface area (Å²) in [4.78, 5) is 23.3. The van der Waals surface area contributed by atoms with Gasteiger partial charge in [-0.3, -0.25) is 9.59 Å². The summed E-state index contributed by atoms with van der Waals surface area (Å²) < 4.78 is 0. The number of hydrogen-bond donors (Lipinski definition) is 2. The van der Waals surface area contributed by atoms with E-state index in [0.717, 1.165) is 19.3 Å². The number of nitrogens with one attached hydrogen (secondary N) is 2. The first-order valence-corrected chi connectivity index (χ1v) is 7.25. The van der Waals surface area contributed by atoms with Crippen LogP contribution in [0.15, 0.2) is 24.3 Å². The van der Waals surface area contributed by atoms with E-state index in [1.165, 1.54) is 11.1 Å². The fourth-order valence-corrected chi connectivity index (χ4v) is 2.75. The average Bonchev–Trinajstić information content (AvgIpc) is 2.51. The molecular formula is C17H20N2O2. The van der Waals surface area contributed by atoms with Gasteiger partial charge in [0.1, 0.15) is 0 Å². The van der Waals surface area contributed by atoms with Crippen LogP contribution in [0, 0.1) is 12.3 Å². The lowest BCUT2D eigenvalue weighted by atomic mass is 9.81. The highest BCUT2D eigenvalue weighted by Gasteiger charge is 2.22. The molecule has 0 aliphatic heterocycles. The van der Waals surface area contributed by atoms with E-state index in [-0.39, 0.29) is 30.8 Å². The predicted octanol–water partition coefficient (Wildman–Crippen LogP) is 1.36. The molecule has 4 heteroatoms. The van der Waals surface area contributed by atoms with Crippen LogP contribution in [-0.2, 0) is 16.0 Å². The number of hydrogen-bond acceptors (Lipinski definition) is 2. The first-order valence-electron chi connectivity index (χ1n) is 7.25. The fraction of sp³-hybridized carbons (Fsp3) is 0.412. The minimum absolute atomic E-state index is 0.0190. The molecule has 0 fully saturated rings. The summed E-state index contributed by atoms with van der Waals surface area (Å²) in [6, 6.07) is 8.29. The van der Waals surface area contributed by atoms with Crippen LogP contribution in [0.25, 0.3) is 0 Å². The second kappa shape index (κ2) is 7.49. The third kappa shape index (κ3) is 4.35. The van der Waals surface area contributed by atoms with Gasteiger partial charge in [0.05, 0.1) is 13.1 Å². The number of carbonyl (C=O) groups is 2. The van der Waals surface area contributed by atoms with Crippen LogP contribution < -0.4 is 10.6 Å². The van der Waals surface area contributed by atoms with Crippen molar-refractivity contribution in [1.82, 2.24) is 10.6 Å². The molecule has 1 aliphatic rings. The molecule has 0 bridgehead atoms. The Morgan fingerprint density at radius 3 is 2.86 bits per heavy atom. The zero-order valence-electron chi connectivity index (χ0n) is 12.0. The Morgan fingerprint density at radius 2 is 2.05 bits per heavy atom. The van der Waals surface area contributed by atoms with E-state index < -0.39 is 0 Å². The Bertz CT molecular complexity index is 560. The molecule has 0 unspecified atom stereocenters. The lowest BCUT2D eigenvalue weighted by Gasteiger charge is -2.24. The van der Waals surface area contributed by atoms with Gasteiger partial charge in [-0.2, -0.15) is 0 Å². The van der Waals surface area contributed by atoms with Crippen LogP contribution in [0.2, 0.25) is 0 Å². The first-order chi connectivity index (χ1) is 10.2. The number of amides is 2. The average molecular weight is 284 g/mol. The van der Waals surface area contributed by atoms with E-state index in [9.17, 15) is 9.59 Å². The molecule has 0 radical (unpaired) electrons. The Morgan fingerprint density at radius 1 is 1.24 bits per heavy atom. The van der Waals surface area contributed by atoms with Crippen molar-refractivity contribution >= 4 is 11.8 Å². The summed E-state index contributed by atoms with van der Waals surface area (Å²) in [5.41, 5.74) is 2.61. The third-order valence-corrected chi connectivity index (χ3v) is 3.76. The summed E-state index contributed by atoms with van der Waals surface area (Å²) in [6.07, 6.45) is 8.70. The number of fused-ring (bicyclic) bond motifs is 1. The molecule has 0 spiro atoms. The predicted molar refractivity (Wildman–Crippen MR) is 81.6 cm³/mol. The zero-order valence-corrected chi connectivity index (χ0v) is 12.0. The van der Waals surface area contributed by atoms with Crippen LogP contribution in [0.5, 0.6) is 0 Å². The summed E-state index contributed by atoms with van der Waals surface area (Å²) in [7, 11) is 0. The topological polar surface area (TPSA) is 58.2 Å². The van der Waals surface area contributed by atoms with Crippen LogP contribution in [0.4, 0.5) is 0 Å².